The van der Waals surface area contributed by atoms with Crippen molar-refractivity contribution in [2.24, 2.45) is 0 Å². The molecule has 20 heavy (non-hydrogen) atoms. The number of hydrogen-bond donors (Lipinski definition) is 2. The van der Waals surface area contributed by atoms with E-state index in [1.807, 2.05) is 0 Å². The summed E-state index contributed by atoms with van der Waals surface area (Å²) in [4.78, 5) is 14.3. The van der Waals surface area contributed by atoms with Crippen LogP contribution in [-0.4, -0.2) is 41.6 Å². The summed E-state index contributed by atoms with van der Waals surface area (Å²) in [5, 5.41) is 12.4. The van der Waals surface area contributed by atoms with E-state index in [1.54, 1.807) is 0 Å². The van der Waals surface area contributed by atoms with Crippen molar-refractivity contribution in [3.05, 3.63) is 29.6 Å². The number of carbonyl (C=O) groups excluding carboxylic acids is 1. The van der Waals surface area contributed by atoms with Gasteiger partial charge < -0.3 is 10.4 Å². The maximum atomic E-state index is 12.9. The highest BCUT2D eigenvalue weighted by molar-refractivity contribution is 5.96. The Morgan fingerprint density at radius 1 is 1.40 bits per heavy atom. The fourth-order valence-corrected chi connectivity index (χ4v) is 2.52. The molecule has 1 saturated heterocycles. The van der Waals surface area contributed by atoms with Gasteiger partial charge in [-0.2, -0.15) is 0 Å². The number of nitrogens with one attached hydrogen (secondary N) is 1. The van der Waals surface area contributed by atoms with Crippen LogP contribution in [0.3, 0.4) is 0 Å². The van der Waals surface area contributed by atoms with Crippen LogP contribution in [-0.2, 0) is 0 Å². The van der Waals surface area contributed by atoms with E-state index in [0.29, 0.717) is 6.54 Å². The third-order valence-corrected chi connectivity index (χ3v) is 3.78. The van der Waals surface area contributed by atoms with E-state index in [0.717, 1.165) is 19.2 Å². The molecule has 5 heteroatoms. The zero-order valence-electron chi connectivity index (χ0n) is 11.7. The number of hydrogen-bond acceptors (Lipinski definition) is 3. The molecule has 0 saturated carbocycles. The minimum atomic E-state index is -0.555. The van der Waals surface area contributed by atoms with Crippen molar-refractivity contribution in [2.75, 3.05) is 19.6 Å². The molecule has 4 nitrogen and oxygen atoms in total. The molecular weight excluding hydrogens is 259 g/mol. The van der Waals surface area contributed by atoms with Crippen molar-refractivity contribution < 1.29 is 14.3 Å². The van der Waals surface area contributed by atoms with E-state index >= 15 is 0 Å². The van der Waals surface area contributed by atoms with E-state index in [-0.39, 0.29) is 23.3 Å². The second kappa shape index (κ2) is 6.70. The second-order valence-electron chi connectivity index (χ2n) is 5.32. The number of amides is 1. The maximum absolute atomic E-state index is 12.9. The molecule has 1 atom stereocenters. The zero-order chi connectivity index (χ0) is 14.5. The predicted molar refractivity (Wildman–Crippen MR) is 75.3 cm³/mol. The van der Waals surface area contributed by atoms with Crippen molar-refractivity contribution in [1.29, 1.82) is 0 Å². The van der Waals surface area contributed by atoms with Crippen LogP contribution in [0.1, 0.15) is 36.5 Å². The Hall–Kier alpha value is -1.62. The first-order valence-electron chi connectivity index (χ1n) is 7.08. The molecule has 0 radical (unpaired) electrons. The number of likely N-dealkylation sites (tertiary alicyclic amines) is 1. The van der Waals surface area contributed by atoms with E-state index in [9.17, 15) is 14.3 Å². The third-order valence-electron chi connectivity index (χ3n) is 3.78. The van der Waals surface area contributed by atoms with E-state index < -0.39 is 5.82 Å². The van der Waals surface area contributed by atoms with Gasteiger partial charge in [-0.3, -0.25) is 9.69 Å². The van der Waals surface area contributed by atoms with Gasteiger partial charge >= 0.3 is 0 Å². The van der Waals surface area contributed by atoms with Gasteiger partial charge in [0, 0.05) is 18.7 Å². The zero-order valence-corrected chi connectivity index (χ0v) is 11.7. The largest absolute Gasteiger partial charge is 0.507 e. The molecular formula is C15H21FN2O2. The van der Waals surface area contributed by atoms with Crippen LogP contribution < -0.4 is 5.32 Å². The molecule has 1 fully saturated rings. The quantitative estimate of drug-likeness (QED) is 0.888. The number of phenols is 1. The lowest BCUT2D eigenvalue weighted by Crippen LogP contribution is -2.44. The van der Waals surface area contributed by atoms with Crippen molar-refractivity contribution in [2.45, 2.75) is 32.2 Å². The maximum Gasteiger partial charge on any atom is 0.255 e. The summed E-state index contributed by atoms with van der Waals surface area (Å²) in [5.74, 6) is -1.25. The lowest BCUT2D eigenvalue weighted by atomic mass is 10.1. The Kier molecular flexibility index (Phi) is 4.95. The number of piperidine rings is 1. The Morgan fingerprint density at radius 3 is 2.75 bits per heavy atom. The van der Waals surface area contributed by atoms with Crippen molar-refractivity contribution >= 4 is 5.91 Å². The van der Waals surface area contributed by atoms with Crippen molar-refractivity contribution in [1.82, 2.24) is 10.2 Å². The van der Waals surface area contributed by atoms with Crippen LogP contribution >= 0.6 is 0 Å². The molecule has 1 unspecified atom stereocenters. The van der Waals surface area contributed by atoms with E-state index in [4.69, 9.17) is 0 Å². The number of carbonyl (C=O) groups is 1. The van der Waals surface area contributed by atoms with Gasteiger partial charge in [-0.05, 0) is 45.0 Å². The summed E-state index contributed by atoms with van der Waals surface area (Å²) in [6, 6.07) is 3.68. The molecule has 110 valence electrons. The summed E-state index contributed by atoms with van der Waals surface area (Å²) in [6.45, 7) is 4.74. The van der Waals surface area contributed by atoms with Gasteiger partial charge in [0.25, 0.3) is 5.91 Å². The first-order valence-corrected chi connectivity index (χ1v) is 7.08. The van der Waals surface area contributed by atoms with Gasteiger partial charge in [0.1, 0.15) is 11.6 Å². The number of nitrogens with zero attached hydrogens (tertiary/aromatic N) is 1. The number of benzene rings is 1. The number of phenolic OH excluding ortho intramolecular Hbond substituents is 1. The SMILES string of the molecule is CC(CNC(=O)c1ccc(F)cc1O)N1CCCCC1. The molecule has 0 aromatic heterocycles. The number of aromatic hydroxyl groups is 1. The molecule has 1 aliphatic heterocycles. The Labute approximate surface area is 118 Å². The van der Waals surface area contributed by atoms with Crippen LogP contribution in [0.2, 0.25) is 0 Å². The van der Waals surface area contributed by atoms with Gasteiger partial charge in [0.15, 0.2) is 0 Å². The van der Waals surface area contributed by atoms with Crippen molar-refractivity contribution in [3.8, 4) is 5.75 Å². The molecule has 1 aromatic carbocycles. The molecule has 1 aromatic rings. The average molecular weight is 280 g/mol. The Balaban J connectivity index is 1.88. The van der Waals surface area contributed by atoms with E-state index in [2.05, 4.69) is 17.1 Å². The second-order valence-corrected chi connectivity index (χ2v) is 5.32. The Morgan fingerprint density at radius 2 is 2.10 bits per heavy atom. The van der Waals surface area contributed by atoms with Gasteiger partial charge in [-0.25, -0.2) is 4.39 Å². The molecule has 1 amide bonds. The fourth-order valence-electron chi connectivity index (χ4n) is 2.52. The van der Waals surface area contributed by atoms with Crippen LogP contribution in [0.5, 0.6) is 5.75 Å². The highest BCUT2D eigenvalue weighted by atomic mass is 19.1. The average Bonchev–Trinajstić information content (AvgIpc) is 2.45. The lowest BCUT2D eigenvalue weighted by molar-refractivity contribution is 0.0927. The highest BCUT2D eigenvalue weighted by Gasteiger charge is 2.18. The first-order chi connectivity index (χ1) is 9.58. The van der Waals surface area contributed by atoms with Gasteiger partial charge in [0.2, 0.25) is 0 Å². The minimum absolute atomic E-state index is 0.109. The molecule has 0 bridgehead atoms. The molecule has 1 heterocycles. The monoisotopic (exact) mass is 280 g/mol. The van der Waals surface area contributed by atoms with Gasteiger partial charge in [-0.15, -0.1) is 0 Å². The molecule has 0 aliphatic carbocycles. The summed E-state index contributed by atoms with van der Waals surface area (Å²) in [6.07, 6.45) is 3.69. The van der Waals surface area contributed by atoms with Crippen LogP contribution in [0.25, 0.3) is 0 Å². The van der Waals surface area contributed by atoms with Crippen LogP contribution in [0, 0.1) is 5.82 Å². The topological polar surface area (TPSA) is 52.6 Å². The van der Waals surface area contributed by atoms with Crippen LogP contribution in [0.4, 0.5) is 4.39 Å². The molecule has 0 spiro atoms. The number of halogens is 1. The smallest absolute Gasteiger partial charge is 0.255 e. The summed E-state index contributed by atoms with van der Waals surface area (Å²) >= 11 is 0. The summed E-state index contributed by atoms with van der Waals surface area (Å²) in [5.41, 5.74) is 0.109. The van der Waals surface area contributed by atoms with E-state index in [1.165, 1.54) is 31.4 Å². The number of rotatable bonds is 4. The third kappa shape index (κ3) is 3.70. The molecule has 2 N–H and O–H groups in total. The fraction of sp³-hybridized carbons (Fsp3) is 0.533. The lowest BCUT2D eigenvalue weighted by Gasteiger charge is -2.32. The molecule has 1 aliphatic rings. The highest BCUT2D eigenvalue weighted by Crippen LogP contribution is 2.18. The minimum Gasteiger partial charge on any atom is -0.507 e. The standard InChI is InChI=1S/C15H21FN2O2/c1-11(18-7-3-2-4-8-18)10-17-15(20)13-6-5-12(16)9-14(13)19/h5-6,9,11,19H,2-4,7-8,10H2,1H3,(H,17,20). The van der Waals surface area contributed by atoms with Crippen molar-refractivity contribution in [3.63, 3.8) is 0 Å². The molecule has 2 rings (SSSR count). The normalized spacial score (nSPS) is 17.7. The van der Waals surface area contributed by atoms with Gasteiger partial charge in [-0.1, -0.05) is 6.42 Å². The first kappa shape index (κ1) is 14.8. The summed E-state index contributed by atoms with van der Waals surface area (Å²) < 4.78 is 12.9. The predicted octanol–water partition coefficient (Wildman–Crippen LogP) is 2.14. The summed E-state index contributed by atoms with van der Waals surface area (Å²) in [7, 11) is 0. The van der Waals surface area contributed by atoms with Crippen LogP contribution in [0.15, 0.2) is 18.2 Å². The Bertz CT molecular complexity index is 473. The van der Waals surface area contributed by atoms with Gasteiger partial charge in [0.05, 0.1) is 5.56 Å².